The van der Waals surface area contributed by atoms with Crippen molar-refractivity contribution in [3.05, 3.63) is 34.1 Å². The number of benzene rings is 1. The zero-order valence-corrected chi connectivity index (χ0v) is 8.27. The Morgan fingerprint density at radius 3 is 2.75 bits per heavy atom. The fraction of sp³-hybridized carbons (Fsp3) is 0.300. The molecule has 5 nitrogen and oxygen atoms in total. The van der Waals surface area contributed by atoms with Crippen LogP contribution in [0.25, 0.3) is 0 Å². The molecule has 0 aliphatic heterocycles. The zero-order valence-electron chi connectivity index (χ0n) is 8.27. The number of nitrogens with one attached hydrogen (secondary N) is 1. The van der Waals surface area contributed by atoms with Gasteiger partial charge >= 0.3 is 5.69 Å². The van der Waals surface area contributed by atoms with Crippen molar-refractivity contribution in [3.8, 4) is 0 Å². The van der Waals surface area contributed by atoms with E-state index < -0.39 is 16.4 Å². The van der Waals surface area contributed by atoms with Gasteiger partial charge in [-0.2, -0.15) is 4.39 Å². The number of amides is 1. The molecule has 1 aromatic rings. The Balaban J connectivity index is 2.18. The number of rotatable bonds is 3. The summed E-state index contributed by atoms with van der Waals surface area (Å²) >= 11 is 0. The SMILES string of the molecule is O=C(Nc1ccc(F)c([N+](=O)[O-])c1)C1CC1. The maximum absolute atomic E-state index is 13.0. The molecule has 0 spiro atoms. The lowest BCUT2D eigenvalue weighted by atomic mass is 10.2. The van der Waals surface area contributed by atoms with E-state index in [-0.39, 0.29) is 17.5 Å². The summed E-state index contributed by atoms with van der Waals surface area (Å²) in [6, 6.07) is 3.30. The van der Waals surface area contributed by atoms with Crippen LogP contribution in [0.1, 0.15) is 12.8 Å². The molecule has 0 aromatic heterocycles. The highest BCUT2D eigenvalue weighted by atomic mass is 19.1. The summed E-state index contributed by atoms with van der Waals surface area (Å²) in [5.41, 5.74) is -0.376. The van der Waals surface area contributed by atoms with Gasteiger partial charge in [0, 0.05) is 17.7 Å². The maximum atomic E-state index is 13.0. The molecule has 1 aromatic carbocycles. The molecule has 16 heavy (non-hydrogen) atoms. The van der Waals surface area contributed by atoms with Crippen LogP contribution in [-0.4, -0.2) is 10.8 Å². The fourth-order valence-corrected chi connectivity index (χ4v) is 1.32. The predicted molar refractivity (Wildman–Crippen MR) is 54.4 cm³/mol. The van der Waals surface area contributed by atoms with E-state index in [4.69, 9.17) is 0 Å². The molecule has 1 N–H and O–H groups in total. The van der Waals surface area contributed by atoms with E-state index in [9.17, 15) is 19.3 Å². The molecular weight excluding hydrogens is 215 g/mol. The summed E-state index contributed by atoms with van der Waals surface area (Å²) < 4.78 is 13.0. The quantitative estimate of drug-likeness (QED) is 0.631. The van der Waals surface area contributed by atoms with Gasteiger partial charge in [-0.15, -0.1) is 0 Å². The molecule has 2 rings (SSSR count). The summed E-state index contributed by atoms with van der Waals surface area (Å²) in [5.74, 6) is -1.07. The van der Waals surface area contributed by atoms with E-state index >= 15 is 0 Å². The van der Waals surface area contributed by atoms with Gasteiger partial charge in [0.1, 0.15) is 0 Å². The summed E-state index contributed by atoms with van der Waals surface area (Å²) in [7, 11) is 0. The van der Waals surface area contributed by atoms with E-state index in [2.05, 4.69) is 5.32 Å². The summed E-state index contributed by atoms with van der Waals surface area (Å²) in [6.07, 6.45) is 1.68. The van der Waals surface area contributed by atoms with E-state index in [1.165, 1.54) is 6.07 Å². The maximum Gasteiger partial charge on any atom is 0.306 e. The molecule has 0 heterocycles. The normalized spacial score (nSPS) is 14.6. The highest BCUT2D eigenvalue weighted by molar-refractivity contribution is 5.94. The molecule has 84 valence electrons. The van der Waals surface area contributed by atoms with E-state index in [0.29, 0.717) is 0 Å². The number of nitrogens with zero attached hydrogens (tertiary/aromatic N) is 1. The first-order valence-electron chi connectivity index (χ1n) is 4.83. The minimum Gasteiger partial charge on any atom is -0.326 e. The minimum absolute atomic E-state index is 0.00380. The predicted octanol–water partition coefficient (Wildman–Crippen LogP) is 2.08. The first-order chi connectivity index (χ1) is 7.58. The Labute approximate surface area is 90.4 Å². The first kappa shape index (κ1) is 10.5. The monoisotopic (exact) mass is 224 g/mol. The van der Waals surface area contributed by atoms with Crippen LogP contribution in [0.3, 0.4) is 0 Å². The molecule has 0 saturated heterocycles. The lowest BCUT2D eigenvalue weighted by molar-refractivity contribution is -0.387. The number of halogens is 1. The van der Waals surface area contributed by atoms with Crippen molar-refractivity contribution in [2.24, 2.45) is 5.92 Å². The van der Waals surface area contributed by atoms with Crippen molar-refractivity contribution < 1.29 is 14.1 Å². The third-order valence-electron chi connectivity index (χ3n) is 2.36. The fourth-order valence-electron chi connectivity index (χ4n) is 1.32. The van der Waals surface area contributed by atoms with Crippen LogP contribution in [0.2, 0.25) is 0 Å². The van der Waals surface area contributed by atoms with Gasteiger partial charge < -0.3 is 5.32 Å². The van der Waals surface area contributed by atoms with Gasteiger partial charge in [-0.25, -0.2) is 0 Å². The standard InChI is InChI=1S/C10H9FN2O3/c11-8-4-3-7(5-9(8)13(15)16)12-10(14)6-1-2-6/h3-6H,1-2H2,(H,12,14). The molecule has 1 fully saturated rings. The number of carbonyl (C=O) groups excluding carboxylic acids is 1. The second-order valence-electron chi connectivity index (χ2n) is 3.69. The molecule has 1 saturated carbocycles. The molecule has 0 atom stereocenters. The summed E-state index contributed by atoms with van der Waals surface area (Å²) in [4.78, 5) is 21.0. The van der Waals surface area contributed by atoms with Gasteiger partial charge in [-0.3, -0.25) is 14.9 Å². The van der Waals surface area contributed by atoms with Crippen LogP contribution in [-0.2, 0) is 4.79 Å². The Morgan fingerprint density at radius 1 is 1.50 bits per heavy atom. The van der Waals surface area contributed by atoms with Crippen LogP contribution in [0, 0.1) is 21.8 Å². The molecule has 0 unspecified atom stereocenters. The molecule has 0 radical (unpaired) electrons. The highest BCUT2D eigenvalue weighted by Crippen LogP contribution is 2.30. The zero-order chi connectivity index (χ0) is 11.7. The third-order valence-corrected chi connectivity index (χ3v) is 2.36. The van der Waals surface area contributed by atoms with Crippen molar-refractivity contribution in [1.29, 1.82) is 0 Å². The Kier molecular flexibility index (Phi) is 2.55. The summed E-state index contributed by atoms with van der Waals surface area (Å²) in [5, 5.41) is 13.0. The number of nitro groups is 1. The van der Waals surface area contributed by atoms with Gasteiger partial charge in [0.2, 0.25) is 11.7 Å². The van der Waals surface area contributed by atoms with Gasteiger partial charge in [-0.05, 0) is 25.0 Å². The Hall–Kier alpha value is -1.98. The van der Waals surface area contributed by atoms with Crippen LogP contribution in [0.15, 0.2) is 18.2 Å². The smallest absolute Gasteiger partial charge is 0.306 e. The molecule has 6 heteroatoms. The number of nitro benzene ring substituents is 1. The van der Waals surface area contributed by atoms with Crippen LogP contribution >= 0.6 is 0 Å². The first-order valence-corrected chi connectivity index (χ1v) is 4.83. The van der Waals surface area contributed by atoms with E-state index in [1.807, 2.05) is 0 Å². The van der Waals surface area contributed by atoms with Gasteiger partial charge in [0.15, 0.2) is 0 Å². The largest absolute Gasteiger partial charge is 0.326 e. The van der Waals surface area contributed by atoms with Crippen LogP contribution in [0.5, 0.6) is 0 Å². The molecular formula is C10H9FN2O3. The lowest BCUT2D eigenvalue weighted by Crippen LogP contribution is -2.13. The average molecular weight is 224 g/mol. The van der Waals surface area contributed by atoms with Crippen molar-refractivity contribution >= 4 is 17.3 Å². The molecule has 0 bridgehead atoms. The second kappa shape index (κ2) is 3.88. The molecule has 1 aliphatic rings. The molecule has 1 amide bonds. The number of anilines is 1. The number of hydrogen-bond acceptors (Lipinski definition) is 3. The Bertz CT molecular complexity index is 457. The van der Waals surface area contributed by atoms with E-state index in [1.54, 1.807) is 0 Å². The average Bonchev–Trinajstić information content (AvgIpc) is 3.03. The van der Waals surface area contributed by atoms with Crippen molar-refractivity contribution in [2.75, 3.05) is 5.32 Å². The van der Waals surface area contributed by atoms with Crippen molar-refractivity contribution in [3.63, 3.8) is 0 Å². The second-order valence-corrected chi connectivity index (χ2v) is 3.69. The third kappa shape index (κ3) is 2.16. The topological polar surface area (TPSA) is 72.2 Å². The lowest BCUT2D eigenvalue weighted by Gasteiger charge is -2.03. The molecule has 1 aliphatic carbocycles. The summed E-state index contributed by atoms with van der Waals surface area (Å²) in [6.45, 7) is 0. The van der Waals surface area contributed by atoms with Gasteiger partial charge in [0.25, 0.3) is 0 Å². The van der Waals surface area contributed by atoms with Crippen LogP contribution < -0.4 is 5.32 Å². The van der Waals surface area contributed by atoms with E-state index in [0.717, 1.165) is 25.0 Å². The Morgan fingerprint density at radius 2 is 2.19 bits per heavy atom. The number of carbonyl (C=O) groups is 1. The highest BCUT2D eigenvalue weighted by Gasteiger charge is 2.29. The van der Waals surface area contributed by atoms with Crippen molar-refractivity contribution in [2.45, 2.75) is 12.8 Å². The number of hydrogen-bond donors (Lipinski definition) is 1. The van der Waals surface area contributed by atoms with Gasteiger partial charge in [-0.1, -0.05) is 0 Å². The van der Waals surface area contributed by atoms with Crippen LogP contribution in [0.4, 0.5) is 15.8 Å². The van der Waals surface area contributed by atoms with Gasteiger partial charge in [0.05, 0.1) is 4.92 Å². The van der Waals surface area contributed by atoms with Crippen molar-refractivity contribution in [1.82, 2.24) is 0 Å². The minimum atomic E-state index is -0.908.